The van der Waals surface area contributed by atoms with Crippen LogP contribution in [0.5, 0.6) is 0 Å². The van der Waals surface area contributed by atoms with Gasteiger partial charge in [0.15, 0.2) is 0 Å². The molecule has 150 valence electrons. The van der Waals surface area contributed by atoms with Crippen molar-refractivity contribution in [3.8, 4) is 16.8 Å². The Hall–Kier alpha value is -3.95. The number of benzene rings is 4. The molecule has 0 unspecified atom stereocenters. The Kier molecular flexibility index (Phi) is 3.75. The molecule has 0 bridgehead atoms. The first-order chi connectivity index (χ1) is 15.9. The molecular formula is C29H18N2S. The molecule has 2 nitrogen and oxygen atoms in total. The van der Waals surface area contributed by atoms with E-state index in [4.69, 9.17) is 4.98 Å². The van der Waals surface area contributed by atoms with E-state index in [-0.39, 0.29) is 0 Å². The molecule has 7 aromatic rings. The first kappa shape index (κ1) is 17.7. The minimum absolute atomic E-state index is 1.05. The molecule has 0 radical (unpaired) electrons. The Morgan fingerprint density at radius 2 is 1.34 bits per heavy atom. The van der Waals surface area contributed by atoms with Gasteiger partial charge in [-0.3, -0.25) is 4.98 Å². The second kappa shape index (κ2) is 6.78. The average Bonchev–Trinajstić information content (AvgIpc) is 3.38. The summed E-state index contributed by atoms with van der Waals surface area (Å²) in [7, 11) is 0. The van der Waals surface area contributed by atoms with E-state index in [1.54, 1.807) is 0 Å². The highest BCUT2D eigenvalue weighted by Gasteiger charge is 2.16. The fourth-order valence-electron chi connectivity index (χ4n) is 4.76. The summed E-state index contributed by atoms with van der Waals surface area (Å²) in [5.74, 6) is 0. The largest absolute Gasteiger partial charge is 0.308 e. The zero-order valence-electron chi connectivity index (χ0n) is 17.2. The Balaban J connectivity index is 1.51. The molecule has 0 amide bonds. The normalized spacial score (nSPS) is 11.8. The monoisotopic (exact) mass is 426 g/mol. The highest BCUT2D eigenvalue weighted by Crippen LogP contribution is 2.40. The van der Waals surface area contributed by atoms with Gasteiger partial charge >= 0.3 is 0 Å². The molecule has 0 spiro atoms. The van der Waals surface area contributed by atoms with E-state index in [1.807, 2.05) is 23.6 Å². The van der Waals surface area contributed by atoms with Gasteiger partial charge in [0.05, 0.1) is 16.6 Å². The van der Waals surface area contributed by atoms with Crippen LogP contribution in [0.4, 0.5) is 0 Å². The molecule has 3 heteroatoms. The average molecular weight is 427 g/mol. The van der Waals surface area contributed by atoms with Gasteiger partial charge in [-0.2, -0.15) is 0 Å². The third-order valence-corrected chi connectivity index (χ3v) is 7.38. The third kappa shape index (κ3) is 2.55. The van der Waals surface area contributed by atoms with Gasteiger partial charge in [-0.05, 0) is 53.6 Å². The van der Waals surface area contributed by atoms with E-state index < -0.39 is 0 Å². The van der Waals surface area contributed by atoms with Crippen LogP contribution in [-0.2, 0) is 0 Å². The molecule has 0 aliphatic rings. The second-order valence-corrected chi connectivity index (χ2v) is 9.17. The van der Waals surface area contributed by atoms with Crippen LogP contribution in [0.1, 0.15) is 0 Å². The SMILES string of the molecule is c1ccc(-c2ccc(-n3c4cc5sc6ccccc6c5cc4c4ncccc43)cc2)cc1. The molecule has 0 fully saturated rings. The smallest absolute Gasteiger partial charge is 0.0963 e. The predicted molar refractivity (Wildman–Crippen MR) is 137 cm³/mol. The standard InChI is InChI=1S/C29H18N2S/c1-2-7-19(8-3-1)20-12-14-21(15-13-20)31-25-10-6-16-30-29(25)24-17-23-22-9-4-5-11-27(22)32-28(23)18-26(24)31/h1-18H. The van der Waals surface area contributed by atoms with E-state index in [2.05, 4.69) is 102 Å². The first-order valence-corrected chi connectivity index (χ1v) is 11.5. The van der Waals surface area contributed by atoms with Crippen LogP contribution in [0.3, 0.4) is 0 Å². The van der Waals surface area contributed by atoms with Crippen LogP contribution in [-0.4, -0.2) is 9.55 Å². The minimum atomic E-state index is 1.05. The van der Waals surface area contributed by atoms with Crippen molar-refractivity contribution in [2.75, 3.05) is 0 Å². The van der Waals surface area contributed by atoms with Crippen LogP contribution < -0.4 is 0 Å². The number of fused-ring (bicyclic) bond motifs is 6. The molecule has 0 saturated carbocycles. The van der Waals surface area contributed by atoms with Crippen LogP contribution in [0.2, 0.25) is 0 Å². The van der Waals surface area contributed by atoms with Gasteiger partial charge in [-0.1, -0.05) is 60.7 Å². The van der Waals surface area contributed by atoms with Gasteiger partial charge in [-0.15, -0.1) is 11.3 Å². The fourth-order valence-corrected chi connectivity index (χ4v) is 5.88. The Morgan fingerprint density at radius 3 is 2.22 bits per heavy atom. The summed E-state index contributed by atoms with van der Waals surface area (Å²) >= 11 is 1.86. The van der Waals surface area contributed by atoms with Gasteiger partial charge in [0.2, 0.25) is 0 Å². The molecule has 3 aromatic heterocycles. The van der Waals surface area contributed by atoms with Crippen LogP contribution in [0.15, 0.2) is 109 Å². The maximum Gasteiger partial charge on any atom is 0.0963 e. The number of pyridine rings is 1. The summed E-state index contributed by atoms with van der Waals surface area (Å²) in [6.07, 6.45) is 1.89. The maximum atomic E-state index is 4.77. The van der Waals surface area contributed by atoms with Crippen molar-refractivity contribution in [1.82, 2.24) is 9.55 Å². The van der Waals surface area contributed by atoms with Crippen LogP contribution in [0, 0.1) is 0 Å². The topological polar surface area (TPSA) is 17.8 Å². The number of thiophene rings is 1. The minimum Gasteiger partial charge on any atom is -0.308 e. The number of hydrogen-bond acceptors (Lipinski definition) is 2. The molecule has 4 aromatic carbocycles. The zero-order valence-corrected chi connectivity index (χ0v) is 18.0. The van der Waals surface area contributed by atoms with Gasteiger partial charge in [0.25, 0.3) is 0 Å². The third-order valence-electron chi connectivity index (χ3n) is 6.25. The van der Waals surface area contributed by atoms with E-state index in [9.17, 15) is 0 Å². The van der Waals surface area contributed by atoms with Crippen molar-refractivity contribution in [3.05, 3.63) is 109 Å². The van der Waals surface area contributed by atoms with Gasteiger partial charge < -0.3 is 4.57 Å². The molecule has 7 rings (SSSR count). The molecule has 0 atom stereocenters. The summed E-state index contributed by atoms with van der Waals surface area (Å²) in [4.78, 5) is 4.77. The predicted octanol–water partition coefficient (Wildman–Crippen LogP) is 8.21. The lowest BCUT2D eigenvalue weighted by molar-refractivity contribution is 1.18. The molecule has 0 saturated heterocycles. The number of rotatable bonds is 2. The summed E-state index contributed by atoms with van der Waals surface area (Å²) in [6, 6.07) is 36.9. The van der Waals surface area contributed by atoms with E-state index in [0.717, 1.165) is 16.7 Å². The molecule has 0 aliphatic heterocycles. The quantitative estimate of drug-likeness (QED) is 0.272. The van der Waals surface area contributed by atoms with Gasteiger partial charge in [-0.25, -0.2) is 0 Å². The summed E-state index contributed by atoms with van der Waals surface area (Å²) in [6.45, 7) is 0. The van der Waals surface area contributed by atoms with Gasteiger partial charge in [0.1, 0.15) is 0 Å². The van der Waals surface area contributed by atoms with Crippen molar-refractivity contribution in [3.63, 3.8) is 0 Å². The molecule has 0 aliphatic carbocycles. The van der Waals surface area contributed by atoms with Crippen molar-refractivity contribution >= 4 is 53.4 Å². The molecule has 0 N–H and O–H groups in total. The molecule has 32 heavy (non-hydrogen) atoms. The lowest BCUT2D eigenvalue weighted by atomic mass is 10.1. The lowest BCUT2D eigenvalue weighted by Gasteiger charge is -2.09. The van der Waals surface area contributed by atoms with Crippen molar-refractivity contribution in [1.29, 1.82) is 0 Å². The van der Waals surface area contributed by atoms with Crippen LogP contribution >= 0.6 is 11.3 Å². The molecular weight excluding hydrogens is 408 g/mol. The van der Waals surface area contributed by atoms with Crippen molar-refractivity contribution in [2.45, 2.75) is 0 Å². The Morgan fingerprint density at radius 1 is 0.562 bits per heavy atom. The van der Waals surface area contributed by atoms with Crippen molar-refractivity contribution in [2.24, 2.45) is 0 Å². The summed E-state index contributed by atoms with van der Waals surface area (Å²) < 4.78 is 4.98. The highest BCUT2D eigenvalue weighted by atomic mass is 32.1. The summed E-state index contributed by atoms with van der Waals surface area (Å²) in [5, 5.41) is 3.82. The number of hydrogen-bond donors (Lipinski definition) is 0. The van der Waals surface area contributed by atoms with Crippen molar-refractivity contribution < 1.29 is 0 Å². The number of aromatic nitrogens is 2. The van der Waals surface area contributed by atoms with E-state index >= 15 is 0 Å². The van der Waals surface area contributed by atoms with Crippen LogP contribution in [0.25, 0.3) is 58.9 Å². The fraction of sp³-hybridized carbons (Fsp3) is 0. The summed E-state index contributed by atoms with van der Waals surface area (Å²) in [5.41, 5.74) is 6.99. The first-order valence-electron chi connectivity index (χ1n) is 10.7. The Bertz CT molecular complexity index is 1760. The number of nitrogens with zero attached hydrogens (tertiary/aromatic N) is 2. The zero-order chi connectivity index (χ0) is 21.1. The lowest BCUT2D eigenvalue weighted by Crippen LogP contribution is -1.93. The van der Waals surface area contributed by atoms with E-state index in [1.165, 1.54) is 42.2 Å². The maximum absolute atomic E-state index is 4.77. The highest BCUT2D eigenvalue weighted by molar-refractivity contribution is 7.25. The second-order valence-electron chi connectivity index (χ2n) is 8.08. The molecule has 3 heterocycles. The Labute approximate surface area is 189 Å². The van der Waals surface area contributed by atoms with Gasteiger partial charge in [0, 0.05) is 37.4 Å². The van der Waals surface area contributed by atoms with E-state index in [0.29, 0.717) is 0 Å².